The molecule has 1 N–H and O–H groups in total. The third-order valence-corrected chi connectivity index (χ3v) is 6.07. The van der Waals surface area contributed by atoms with Gasteiger partial charge < -0.3 is 19.7 Å². The van der Waals surface area contributed by atoms with Gasteiger partial charge in [0.25, 0.3) is 5.91 Å². The molecule has 32 heavy (non-hydrogen) atoms. The Balaban J connectivity index is 1.49. The summed E-state index contributed by atoms with van der Waals surface area (Å²) in [6, 6.07) is 13.1. The molecule has 3 aromatic rings. The van der Waals surface area contributed by atoms with Gasteiger partial charge in [-0.05, 0) is 68.3 Å². The number of nitrogens with one attached hydrogen (secondary N) is 1. The molecule has 2 aromatic carbocycles. The van der Waals surface area contributed by atoms with Crippen molar-refractivity contribution in [3.63, 3.8) is 0 Å². The third-order valence-electron chi connectivity index (χ3n) is 6.07. The fourth-order valence-corrected chi connectivity index (χ4v) is 4.31. The Hall–Kier alpha value is -3.61. The number of hydrogen-bond acceptors (Lipinski definition) is 3. The first kappa shape index (κ1) is 21.6. The van der Waals surface area contributed by atoms with E-state index in [2.05, 4.69) is 5.32 Å². The highest BCUT2D eigenvalue weighted by Gasteiger charge is 2.23. The van der Waals surface area contributed by atoms with Gasteiger partial charge in [-0.15, -0.1) is 0 Å². The van der Waals surface area contributed by atoms with Gasteiger partial charge in [0.05, 0.1) is 0 Å². The molecule has 0 fully saturated rings. The molecule has 2 heterocycles. The molecule has 0 atom stereocenters. The van der Waals surface area contributed by atoms with Gasteiger partial charge in [-0.2, -0.15) is 0 Å². The predicted octanol–water partition coefficient (Wildman–Crippen LogP) is 3.67. The normalized spacial score (nSPS) is 12.7. The summed E-state index contributed by atoms with van der Waals surface area (Å²) in [5.74, 6) is -0.0885. The first-order chi connectivity index (χ1) is 15.4. The zero-order valence-corrected chi connectivity index (χ0v) is 18.7. The van der Waals surface area contributed by atoms with Crippen molar-refractivity contribution in [1.29, 1.82) is 0 Å². The molecule has 7 nitrogen and oxygen atoms in total. The van der Waals surface area contributed by atoms with Crippen LogP contribution in [0.1, 0.15) is 36.7 Å². The second-order valence-electron chi connectivity index (χ2n) is 8.00. The van der Waals surface area contributed by atoms with Crippen LogP contribution in [0.25, 0.3) is 10.9 Å². The number of rotatable bonds is 6. The second-order valence-corrected chi connectivity index (χ2v) is 8.00. The largest absolute Gasteiger partial charge is 0.342 e. The average molecular weight is 433 g/mol. The van der Waals surface area contributed by atoms with Gasteiger partial charge in [-0.1, -0.05) is 0 Å². The maximum absolute atomic E-state index is 12.8. The lowest BCUT2D eigenvalue weighted by Gasteiger charge is -2.19. The Morgan fingerprint density at radius 3 is 2.53 bits per heavy atom. The minimum absolute atomic E-state index is 0.0139. The SMILES string of the molecule is CCN(CC)C(=O)Cn1ccc2cc(NC(=O)c3ccc4c(c3)CCN4C(C)=O)ccc21. The minimum Gasteiger partial charge on any atom is -0.342 e. The molecule has 0 bridgehead atoms. The van der Waals surface area contributed by atoms with Crippen LogP contribution in [0, 0.1) is 0 Å². The second kappa shape index (κ2) is 8.86. The highest BCUT2D eigenvalue weighted by Crippen LogP contribution is 2.29. The number of fused-ring (bicyclic) bond motifs is 2. The summed E-state index contributed by atoms with van der Waals surface area (Å²) in [5, 5.41) is 3.92. The number of carbonyl (C=O) groups is 3. The van der Waals surface area contributed by atoms with Crippen LogP contribution in [0.15, 0.2) is 48.7 Å². The summed E-state index contributed by atoms with van der Waals surface area (Å²) in [6.45, 7) is 7.84. The van der Waals surface area contributed by atoms with Crippen molar-refractivity contribution in [1.82, 2.24) is 9.47 Å². The number of carbonyl (C=O) groups excluding carboxylic acids is 3. The standard InChI is InChI=1S/C25H28N4O3/c1-4-27(5-2)24(31)16-28-12-10-19-15-21(7-9-22(19)28)26-25(32)20-6-8-23-18(14-20)11-13-29(23)17(3)30/h6-10,12,14-15H,4-5,11,13,16H2,1-3H3,(H,26,32). The Bertz CT molecular complexity index is 1190. The van der Waals surface area contributed by atoms with Gasteiger partial charge in [-0.25, -0.2) is 0 Å². The summed E-state index contributed by atoms with van der Waals surface area (Å²) in [5.41, 5.74) is 4.11. The minimum atomic E-state index is -0.190. The fraction of sp³-hybridized carbons (Fsp3) is 0.320. The van der Waals surface area contributed by atoms with E-state index < -0.39 is 0 Å². The zero-order valence-electron chi connectivity index (χ0n) is 18.7. The Morgan fingerprint density at radius 2 is 1.81 bits per heavy atom. The van der Waals surface area contributed by atoms with Crippen molar-refractivity contribution in [2.45, 2.75) is 33.7 Å². The predicted molar refractivity (Wildman–Crippen MR) is 126 cm³/mol. The lowest BCUT2D eigenvalue weighted by atomic mass is 10.1. The van der Waals surface area contributed by atoms with Gasteiger partial charge in [0.1, 0.15) is 6.54 Å². The highest BCUT2D eigenvalue weighted by molar-refractivity contribution is 6.06. The number of aromatic nitrogens is 1. The van der Waals surface area contributed by atoms with Crippen LogP contribution < -0.4 is 10.2 Å². The summed E-state index contributed by atoms with van der Waals surface area (Å²) in [6.07, 6.45) is 2.65. The number of amides is 3. The first-order valence-corrected chi connectivity index (χ1v) is 11.0. The van der Waals surface area contributed by atoms with Crippen molar-refractivity contribution < 1.29 is 14.4 Å². The third kappa shape index (κ3) is 4.10. The van der Waals surface area contributed by atoms with E-state index >= 15 is 0 Å². The van der Waals surface area contributed by atoms with Gasteiger partial charge in [-0.3, -0.25) is 14.4 Å². The zero-order chi connectivity index (χ0) is 22.8. The molecule has 7 heteroatoms. The molecule has 0 spiro atoms. The topological polar surface area (TPSA) is 74.7 Å². The molecule has 3 amide bonds. The lowest BCUT2D eigenvalue weighted by Crippen LogP contribution is -2.33. The quantitative estimate of drug-likeness (QED) is 0.646. The monoisotopic (exact) mass is 432 g/mol. The molecule has 1 aliphatic rings. The van der Waals surface area contributed by atoms with E-state index in [-0.39, 0.29) is 17.7 Å². The summed E-state index contributed by atoms with van der Waals surface area (Å²) in [7, 11) is 0. The summed E-state index contributed by atoms with van der Waals surface area (Å²) >= 11 is 0. The number of anilines is 2. The van der Waals surface area contributed by atoms with Gasteiger partial charge in [0.2, 0.25) is 11.8 Å². The van der Waals surface area contributed by atoms with Crippen LogP contribution in [0.2, 0.25) is 0 Å². The van der Waals surface area contributed by atoms with Crippen molar-refractivity contribution >= 4 is 40.0 Å². The van der Waals surface area contributed by atoms with E-state index in [1.54, 1.807) is 17.9 Å². The molecule has 166 valence electrons. The molecule has 4 rings (SSSR count). The number of benzene rings is 2. The van der Waals surface area contributed by atoms with Gasteiger partial charge in [0, 0.05) is 60.6 Å². The maximum atomic E-state index is 12.8. The van der Waals surface area contributed by atoms with E-state index in [9.17, 15) is 14.4 Å². The maximum Gasteiger partial charge on any atom is 0.255 e. The molecule has 0 unspecified atom stereocenters. The molecule has 0 radical (unpaired) electrons. The Labute approximate surface area is 187 Å². The van der Waals surface area contributed by atoms with E-state index in [4.69, 9.17) is 0 Å². The number of likely N-dealkylation sites (N-methyl/N-ethyl adjacent to an activating group) is 1. The van der Waals surface area contributed by atoms with E-state index in [1.807, 2.05) is 65.9 Å². The lowest BCUT2D eigenvalue weighted by molar-refractivity contribution is -0.131. The molecular formula is C25H28N4O3. The van der Waals surface area contributed by atoms with E-state index in [0.29, 0.717) is 37.4 Å². The molecule has 0 saturated carbocycles. The molecule has 0 saturated heterocycles. The summed E-state index contributed by atoms with van der Waals surface area (Å²) < 4.78 is 1.93. The molecule has 1 aromatic heterocycles. The van der Waals surface area contributed by atoms with Crippen LogP contribution in [0.3, 0.4) is 0 Å². The summed E-state index contributed by atoms with van der Waals surface area (Å²) in [4.78, 5) is 40.5. The fourth-order valence-electron chi connectivity index (χ4n) is 4.31. The van der Waals surface area contributed by atoms with Crippen molar-refractivity contribution in [3.05, 3.63) is 59.8 Å². The van der Waals surface area contributed by atoms with E-state index in [1.165, 1.54) is 0 Å². The van der Waals surface area contributed by atoms with Crippen molar-refractivity contribution in [2.75, 3.05) is 29.9 Å². The molecular weight excluding hydrogens is 404 g/mol. The van der Waals surface area contributed by atoms with Crippen LogP contribution in [-0.4, -0.2) is 46.8 Å². The Morgan fingerprint density at radius 1 is 1.03 bits per heavy atom. The van der Waals surface area contributed by atoms with Crippen molar-refractivity contribution in [2.24, 2.45) is 0 Å². The number of hydrogen-bond donors (Lipinski definition) is 1. The molecule has 1 aliphatic heterocycles. The van der Waals surface area contributed by atoms with Crippen molar-refractivity contribution in [3.8, 4) is 0 Å². The van der Waals surface area contributed by atoms with E-state index in [0.717, 1.165) is 28.6 Å². The van der Waals surface area contributed by atoms with Crippen LogP contribution in [0.4, 0.5) is 11.4 Å². The van der Waals surface area contributed by atoms with Crippen LogP contribution in [-0.2, 0) is 22.6 Å². The molecule has 0 aliphatic carbocycles. The Kier molecular flexibility index (Phi) is 5.99. The average Bonchev–Trinajstić information content (AvgIpc) is 3.38. The van der Waals surface area contributed by atoms with Crippen LogP contribution >= 0.6 is 0 Å². The van der Waals surface area contributed by atoms with Gasteiger partial charge >= 0.3 is 0 Å². The first-order valence-electron chi connectivity index (χ1n) is 11.0. The smallest absolute Gasteiger partial charge is 0.255 e. The number of nitrogens with zero attached hydrogens (tertiary/aromatic N) is 3. The van der Waals surface area contributed by atoms with Crippen LogP contribution in [0.5, 0.6) is 0 Å². The highest BCUT2D eigenvalue weighted by atomic mass is 16.2. The van der Waals surface area contributed by atoms with Gasteiger partial charge in [0.15, 0.2) is 0 Å².